The van der Waals surface area contributed by atoms with Gasteiger partial charge < -0.3 is 4.74 Å². The lowest BCUT2D eigenvalue weighted by Gasteiger charge is -2.14. The number of nitro benzene ring substituents is 1. The average Bonchev–Trinajstić information content (AvgIpc) is 2.68. The number of ether oxygens (including phenoxy) is 1. The number of hydrogen-bond acceptors (Lipinski definition) is 4. The highest BCUT2D eigenvalue weighted by Crippen LogP contribution is 2.35. The molecule has 0 atom stereocenters. The van der Waals surface area contributed by atoms with Gasteiger partial charge in [-0.25, -0.2) is 4.39 Å². The third kappa shape index (κ3) is 6.70. The molecule has 0 spiro atoms. The summed E-state index contributed by atoms with van der Waals surface area (Å²) in [6.07, 6.45) is 6.65. The zero-order valence-electron chi connectivity index (χ0n) is 16.2. The summed E-state index contributed by atoms with van der Waals surface area (Å²) in [7, 11) is 0. The van der Waals surface area contributed by atoms with Crippen LogP contribution in [0.3, 0.4) is 0 Å². The minimum Gasteiger partial charge on any atom is -0.453 e. The number of nitrogens with zero attached hydrogens (tertiary/aromatic N) is 1. The van der Waals surface area contributed by atoms with Gasteiger partial charge in [-0.2, -0.15) is 0 Å². The number of thioether (sulfide) groups is 1. The maximum atomic E-state index is 14.1. The molecular weight excluding hydrogens is 377 g/mol. The molecule has 0 aromatic heterocycles. The van der Waals surface area contributed by atoms with Gasteiger partial charge >= 0.3 is 0 Å². The lowest BCUT2D eigenvalue weighted by atomic mass is 10.2. The van der Waals surface area contributed by atoms with E-state index in [9.17, 15) is 14.5 Å². The van der Waals surface area contributed by atoms with Crippen molar-refractivity contribution in [2.75, 3.05) is 0 Å². The maximum Gasteiger partial charge on any atom is 0.272 e. The molecule has 148 valence electrons. The largest absolute Gasteiger partial charge is 0.453 e. The Morgan fingerprint density at radius 3 is 2.43 bits per heavy atom. The van der Waals surface area contributed by atoms with Crippen molar-refractivity contribution in [3.8, 4) is 5.75 Å². The summed E-state index contributed by atoms with van der Waals surface area (Å²) in [4.78, 5) is 11.6. The highest BCUT2D eigenvalue weighted by molar-refractivity contribution is 8.07. The van der Waals surface area contributed by atoms with Gasteiger partial charge in [-0.1, -0.05) is 69.7 Å². The van der Waals surface area contributed by atoms with Gasteiger partial charge in [-0.3, -0.25) is 10.1 Å². The van der Waals surface area contributed by atoms with Gasteiger partial charge in [0.1, 0.15) is 5.76 Å². The van der Waals surface area contributed by atoms with Crippen molar-refractivity contribution in [2.45, 2.75) is 26.7 Å². The fraction of sp³-hybridized carbons (Fsp3) is 0.182. The first-order chi connectivity index (χ1) is 13.2. The number of allylic oxidation sites excluding steroid dienone is 6. The zero-order valence-corrected chi connectivity index (χ0v) is 17.0. The Bertz CT molecular complexity index is 869. The van der Waals surface area contributed by atoms with E-state index in [1.807, 2.05) is 26.0 Å². The molecule has 0 saturated carbocycles. The van der Waals surface area contributed by atoms with Crippen LogP contribution in [0, 0.1) is 15.9 Å². The van der Waals surface area contributed by atoms with E-state index < -0.39 is 10.7 Å². The molecule has 1 rings (SSSR count). The first-order valence-electron chi connectivity index (χ1n) is 8.62. The SMILES string of the molecule is C=C/C(Oc1ccc([N+](=O)[O-])cc1F)=C(\CC)SC(=C)C(=C)/C=C\C(=C)CC. The summed E-state index contributed by atoms with van der Waals surface area (Å²) in [5, 5.41) is 10.7. The smallest absolute Gasteiger partial charge is 0.272 e. The van der Waals surface area contributed by atoms with Crippen LogP contribution in [0.2, 0.25) is 0 Å². The van der Waals surface area contributed by atoms with Crippen molar-refractivity contribution < 1.29 is 14.1 Å². The van der Waals surface area contributed by atoms with Crippen LogP contribution >= 0.6 is 11.8 Å². The third-order valence-electron chi connectivity index (χ3n) is 3.71. The van der Waals surface area contributed by atoms with Gasteiger partial charge in [-0.05, 0) is 30.6 Å². The molecule has 0 aliphatic rings. The highest BCUT2D eigenvalue weighted by atomic mass is 32.2. The summed E-state index contributed by atoms with van der Waals surface area (Å²) < 4.78 is 19.8. The van der Waals surface area contributed by atoms with Gasteiger partial charge in [0.2, 0.25) is 0 Å². The minimum absolute atomic E-state index is 0.115. The summed E-state index contributed by atoms with van der Waals surface area (Å²) in [6, 6.07) is 3.23. The molecule has 0 fully saturated rings. The van der Waals surface area contributed by atoms with Crippen LogP contribution < -0.4 is 4.74 Å². The average molecular weight is 402 g/mol. The molecule has 0 radical (unpaired) electrons. The number of hydrogen-bond donors (Lipinski definition) is 0. The molecule has 0 bridgehead atoms. The molecule has 0 amide bonds. The molecule has 0 heterocycles. The van der Waals surface area contributed by atoms with Gasteiger partial charge in [0.15, 0.2) is 11.6 Å². The quantitative estimate of drug-likeness (QED) is 0.170. The van der Waals surface area contributed by atoms with E-state index in [-0.39, 0.29) is 11.4 Å². The van der Waals surface area contributed by atoms with Crippen molar-refractivity contribution >= 4 is 17.4 Å². The van der Waals surface area contributed by atoms with Crippen LogP contribution in [-0.4, -0.2) is 4.92 Å². The second kappa shape index (κ2) is 11.1. The topological polar surface area (TPSA) is 52.4 Å². The first kappa shape index (κ1) is 23.2. The van der Waals surface area contributed by atoms with E-state index >= 15 is 0 Å². The summed E-state index contributed by atoms with van der Waals surface area (Å²) in [5.41, 5.74) is 1.37. The lowest BCUT2D eigenvalue weighted by Crippen LogP contribution is -1.99. The molecule has 0 saturated heterocycles. The van der Waals surface area contributed by atoms with Crippen LogP contribution in [0.1, 0.15) is 26.7 Å². The van der Waals surface area contributed by atoms with Crippen LogP contribution in [-0.2, 0) is 0 Å². The van der Waals surface area contributed by atoms with E-state index in [0.29, 0.717) is 17.1 Å². The third-order valence-corrected chi connectivity index (χ3v) is 4.95. The molecule has 0 N–H and O–H groups in total. The Kier molecular flexibility index (Phi) is 9.18. The Morgan fingerprint density at radius 2 is 1.93 bits per heavy atom. The molecule has 28 heavy (non-hydrogen) atoms. The van der Waals surface area contributed by atoms with Gasteiger partial charge in [-0.15, -0.1) is 0 Å². The van der Waals surface area contributed by atoms with Crippen molar-refractivity contribution in [1.82, 2.24) is 0 Å². The fourth-order valence-electron chi connectivity index (χ4n) is 1.96. The minimum atomic E-state index is -0.821. The molecule has 0 aliphatic heterocycles. The van der Waals surface area contributed by atoms with Crippen LogP contribution in [0.25, 0.3) is 0 Å². The predicted molar refractivity (Wildman–Crippen MR) is 116 cm³/mol. The Labute approximate surface area is 169 Å². The number of benzene rings is 1. The van der Waals surface area contributed by atoms with E-state index in [0.717, 1.165) is 28.5 Å². The van der Waals surface area contributed by atoms with Crippen LogP contribution in [0.5, 0.6) is 5.75 Å². The molecule has 0 unspecified atom stereocenters. The van der Waals surface area contributed by atoms with Gasteiger partial charge in [0, 0.05) is 15.9 Å². The van der Waals surface area contributed by atoms with E-state index in [1.165, 1.54) is 30.0 Å². The van der Waals surface area contributed by atoms with Crippen LogP contribution in [0.15, 0.2) is 89.5 Å². The zero-order chi connectivity index (χ0) is 21.3. The number of non-ortho nitro benzene ring substituents is 1. The Morgan fingerprint density at radius 1 is 1.25 bits per heavy atom. The second-order valence-corrected chi connectivity index (χ2v) is 6.90. The van der Waals surface area contributed by atoms with Crippen molar-refractivity contribution in [3.05, 3.63) is 105 Å². The molecule has 6 heteroatoms. The molecule has 1 aromatic rings. The maximum absolute atomic E-state index is 14.1. The molecule has 0 aliphatic carbocycles. The lowest BCUT2D eigenvalue weighted by molar-refractivity contribution is -0.385. The summed E-state index contributed by atoms with van der Waals surface area (Å²) >= 11 is 1.36. The van der Waals surface area contributed by atoms with Crippen molar-refractivity contribution in [1.29, 1.82) is 0 Å². The fourth-order valence-corrected chi connectivity index (χ4v) is 2.82. The molecule has 4 nitrogen and oxygen atoms in total. The van der Waals surface area contributed by atoms with Gasteiger partial charge in [0.05, 0.1) is 11.0 Å². The van der Waals surface area contributed by atoms with Gasteiger partial charge in [0.25, 0.3) is 5.69 Å². The molecule has 1 aromatic carbocycles. The highest BCUT2D eigenvalue weighted by Gasteiger charge is 2.15. The summed E-state index contributed by atoms with van der Waals surface area (Å²) in [5.74, 6) is -0.579. The first-order valence-corrected chi connectivity index (χ1v) is 9.44. The Hall–Kier alpha value is -2.86. The van der Waals surface area contributed by atoms with E-state index in [4.69, 9.17) is 4.74 Å². The number of halogens is 1. The molecular formula is C22H24FNO3S. The van der Waals surface area contributed by atoms with Crippen molar-refractivity contribution in [2.24, 2.45) is 0 Å². The second-order valence-electron chi connectivity index (χ2n) is 5.71. The Balaban J connectivity index is 3.04. The number of nitro groups is 1. The van der Waals surface area contributed by atoms with Crippen molar-refractivity contribution in [3.63, 3.8) is 0 Å². The summed E-state index contributed by atoms with van der Waals surface area (Å²) in [6.45, 7) is 19.6. The van der Waals surface area contributed by atoms with E-state index in [2.05, 4.69) is 26.3 Å². The number of rotatable bonds is 11. The standard InChI is InChI=1S/C22H24FNO3S/c1-7-15(4)10-11-16(5)17(6)28-22(9-3)20(8-2)27-21-13-12-18(24(25)26)14-19(21)23/h8,10-14H,2,4-7,9H2,1,3H3/b11-10-,22-20-. The van der Waals surface area contributed by atoms with E-state index in [1.54, 1.807) is 0 Å². The normalized spacial score (nSPS) is 11.7. The predicted octanol–water partition coefficient (Wildman–Crippen LogP) is 7.25. The van der Waals surface area contributed by atoms with Crippen LogP contribution in [0.4, 0.5) is 10.1 Å². The monoisotopic (exact) mass is 401 g/mol.